The largest absolute Gasteiger partial charge is 0.490 e. The quantitative estimate of drug-likeness (QED) is 0.569. The molecule has 1 N–H and O–H groups in total. The Morgan fingerprint density at radius 3 is 2.50 bits per heavy atom. The summed E-state index contributed by atoms with van der Waals surface area (Å²) in [5.74, 6) is 1.15. The maximum atomic E-state index is 12.1. The van der Waals surface area contributed by atoms with E-state index in [1.165, 1.54) is 19.3 Å². The number of carbonyl (C=O) groups is 2. The second kappa shape index (κ2) is 9.08. The average Bonchev–Trinajstić information content (AvgIpc) is 3.47. The summed E-state index contributed by atoms with van der Waals surface area (Å²) in [6.07, 6.45) is 10.6. The summed E-state index contributed by atoms with van der Waals surface area (Å²) < 4.78 is 11.5. The number of rotatable bonds is 7. The molecule has 3 fully saturated rings. The number of hydrogen-bond donors (Lipinski definition) is 1. The lowest BCUT2D eigenvalue weighted by atomic mass is 9.84. The summed E-state index contributed by atoms with van der Waals surface area (Å²) in [5.41, 5.74) is 0.965. The summed E-state index contributed by atoms with van der Waals surface area (Å²) in [4.78, 5) is 24.1. The van der Waals surface area contributed by atoms with E-state index in [4.69, 9.17) is 9.47 Å². The van der Waals surface area contributed by atoms with Crippen LogP contribution in [-0.2, 0) is 20.9 Å². The number of ketones is 1. The van der Waals surface area contributed by atoms with Gasteiger partial charge in [0.1, 0.15) is 18.1 Å². The fourth-order valence-corrected chi connectivity index (χ4v) is 4.61. The highest BCUT2D eigenvalue weighted by Gasteiger charge is 2.46. The van der Waals surface area contributed by atoms with Crippen LogP contribution in [0.25, 0.3) is 0 Å². The standard InChI is InChI=1S/C23H31NO4/c25-21-9-5-4-8-19(21)23-20(24-23)14-22(26)27-15-16-10-12-18(13-11-16)28-17-6-2-1-3-7-17/h10-13,17,19-20,23-24H,1-9,14-15H2. The van der Waals surface area contributed by atoms with Gasteiger partial charge in [0, 0.05) is 24.4 Å². The highest BCUT2D eigenvalue weighted by atomic mass is 16.5. The summed E-state index contributed by atoms with van der Waals surface area (Å²) >= 11 is 0. The lowest BCUT2D eigenvalue weighted by molar-refractivity contribution is -0.145. The molecule has 152 valence electrons. The molecule has 0 bridgehead atoms. The van der Waals surface area contributed by atoms with Gasteiger partial charge in [-0.2, -0.15) is 0 Å². The molecular formula is C23H31NO4. The molecule has 2 aliphatic carbocycles. The minimum atomic E-state index is -0.203. The molecule has 5 heteroatoms. The van der Waals surface area contributed by atoms with Crippen LogP contribution in [0.4, 0.5) is 0 Å². The molecule has 28 heavy (non-hydrogen) atoms. The van der Waals surface area contributed by atoms with Gasteiger partial charge in [0.15, 0.2) is 0 Å². The molecule has 1 aromatic carbocycles. The van der Waals surface area contributed by atoms with Crippen LogP contribution in [0.2, 0.25) is 0 Å². The summed E-state index contributed by atoms with van der Waals surface area (Å²) in [6.45, 7) is 0.280. The minimum Gasteiger partial charge on any atom is -0.490 e. The fourth-order valence-electron chi connectivity index (χ4n) is 4.61. The van der Waals surface area contributed by atoms with E-state index in [1.807, 2.05) is 24.3 Å². The van der Waals surface area contributed by atoms with Crippen molar-refractivity contribution in [2.75, 3.05) is 0 Å². The molecular weight excluding hydrogens is 354 g/mol. The normalized spacial score (nSPS) is 28.0. The van der Waals surface area contributed by atoms with Crippen molar-refractivity contribution in [2.45, 2.75) is 89.0 Å². The van der Waals surface area contributed by atoms with Gasteiger partial charge < -0.3 is 14.8 Å². The molecule has 5 nitrogen and oxygen atoms in total. The molecule has 1 saturated heterocycles. The smallest absolute Gasteiger partial charge is 0.307 e. The molecule has 3 unspecified atom stereocenters. The van der Waals surface area contributed by atoms with E-state index in [2.05, 4.69) is 5.32 Å². The number of nitrogens with one attached hydrogen (secondary N) is 1. The second-order valence-electron chi connectivity index (χ2n) is 8.50. The Morgan fingerprint density at radius 1 is 1.00 bits per heavy atom. The lowest BCUT2D eigenvalue weighted by Gasteiger charge is -2.23. The maximum absolute atomic E-state index is 12.1. The molecule has 0 spiro atoms. The number of benzene rings is 1. The number of Topliss-reactive ketones (excluding diaryl/α,β-unsaturated/α-hetero) is 1. The third kappa shape index (κ3) is 5.13. The van der Waals surface area contributed by atoms with Gasteiger partial charge >= 0.3 is 5.97 Å². The predicted octanol–water partition coefficient (Wildman–Crippen LogP) is 3.93. The molecule has 0 amide bonds. The van der Waals surface area contributed by atoms with E-state index in [-0.39, 0.29) is 30.6 Å². The zero-order chi connectivity index (χ0) is 19.3. The van der Waals surface area contributed by atoms with Crippen molar-refractivity contribution in [1.82, 2.24) is 5.32 Å². The van der Waals surface area contributed by atoms with Gasteiger partial charge in [0.05, 0.1) is 12.5 Å². The third-order valence-corrected chi connectivity index (χ3v) is 6.33. The Labute approximate surface area is 167 Å². The number of ether oxygens (including phenoxy) is 2. The van der Waals surface area contributed by atoms with Crippen LogP contribution in [0, 0.1) is 5.92 Å². The second-order valence-corrected chi connectivity index (χ2v) is 8.50. The monoisotopic (exact) mass is 385 g/mol. The van der Waals surface area contributed by atoms with Crippen molar-refractivity contribution >= 4 is 11.8 Å². The SMILES string of the molecule is O=C(CC1NC1C1CCCCC1=O)OCc1ccc(OC2CCCCC2)cc1. The first-order valence-corrected chi connectivity index (χ1v) is 10.9. The van der Waals surface area contributed by atoms with E-state index in [1.54, 1.807) is 0 Å². The maximum Gasteiger partial charge on any atom is 0.307 e. The highest BCUT2D eigenvalue weighted by molar-refractivity contribution is 5.83. The van der Waals surface area contributed by atoms with Crippen molar-refractivity contribution in [3.8, 4) is 5.75 Å². The van der Waals surface area contributed by atoms with E-state index < -0.39 is 0 Å². The first-order valence-electron chi connectivity index (χ1n) is 10.9. The Morgan fingerprint density at radius 2 is 1.75 bits per heavy atom. The summed E-state index contributed by atoms with van der Waals surface area (Å²) in [5, 5.41) is 3.31. The molecule has 3 atom stereocenters. The molecule has 1 heterocycles. The number of carbonyl (C=O) groups excluding carboxylic acids is 2. The van der Waals surface area contributed by atoms with E-state index >= 15 is 0 Å². The first-order chi connectivity index (χ1) is 13.7. The minimum absolute atomic E-state index is 0.100. The predicted molar refractivity (Wildman–Crippen MR) is 106 cm³/mol. The van der Waals surface area contributed by atoms with Gasteiger partial charge in [-0.3, -0.25) is 9.59 Å². The molecule has 1 aliphatic heterocycles. The number of esters is 1. The van der Waals surface area contributed by atoms with Crippen LogP contribution < -0.4 is 10.1 Å². The first kappa shape index (κ1) is 19.4. The van der Waals surface area contributed by atoms with Crippen molar-refractivity contribution in [3.63, 3.8) is 0 Å². The van der Waals surface area contributed by atoms with E-state index in [9.17, 15) is 9.59 Å². The number of hydrogen-bond acceptors (Lipinski definition) is 5. The molecule has 4 rings (SSSR count). The summed E-state index contributed by atoms with van der Waals surface area (Å²) in [7, 11) is 0. The average molecular weight is 386 g/mol. The van der Waals surface area contributed by atoms with E-state index in [0.29, 0.717) is 24.7 Å². The van der Waals surface area contributed by atoms with Crippen molar-refractivity contribution in [2.24, 2.45) is 5.92 Å². The lowest BCUT2D eigenvalue weighted by Crippen LogP contribution is -2.26. The van der Waals surface area contributed by atoms with Crippen LogP contribution in [-0.4, -0.2) is 29.9 Å². The molecule has 1 aromatic rings. The van der Waals surface area contributed by atoms with Crippen LogP contribution in [0.5, 0.6) is 5.75 Å². The Hall–Kier alpha value is -1.88. The van der Waals surface area contributed by atoms with Crippen LogP contribution >= 0.6 is 0 Å². The van der Waals surface area contributed by atoms with Crippen LogP contribution in [0.15, 0.2) is 24.3 Å². The van der Waals surface area contributed by atoms with Gasteiger partial charge in [-0.05, 0) is 56.2 Å². The Balaban J connectivity index is 1.17. The van der Waals surface area contributed by atoms with Crippen LogP contribution in [0.3, 0.4) is 0 Å². The Bertz CT molecular complexity index is 680. The molecule has 3 aliphatic rings. The third-order valence-electron chi connectivity index (χ3n) is 6.33. The highest BCUT2D eigenvalue weighted by Crippen LogP contribution is 2.32. The van der Waals surface area contributed by atoms with Gasteiger partial charge in [-0.25, -0.2) is 0 Å². The zero-order valence-corrected chi connectivity index (χ0v) is 16.5. The van der Waals surface area contributed by atoms with Gasteiger partial charge in [-0.15, -0.1) is 0 Å². The topological polar surface area (TPSA) is 74.5 Å². The summed E-state index contributed by atoms with van der Waals surface area (Å²) in [6, 6.07) is 8.13. The van der Waals surface area contributed by atoms with Crippen molar-refractivity contribution in [3.05, 3.63) is 29.8 Å². The molecule has 0 radical (unpaired) electrons. The van der Waals surface area contributed by atoms with Gasteiger partial charge in [0.2, 0.25) is 0 Å². The van der Waals surface area contributed by atoms with Crippen molar-refractivity contribution in [1.29, 1.82) is 0 Å². The molecule has 0 aromatic heterocycles. The zero-order valence-electron chi connectivity index (χ0n) is 16.5. The van der Waals surface area contributed by atoms with Gasteiger partial charge in [-0.1, -0.05) is 25.0 Å². The van der Waals surface area contributed by atoms with Crippen molar-refractivity contribution < 1.29 is 19.1 Å². The molecule has 2 saturated carbocycles. The Kier molecular flexibility index (Phi) is 6.30. The van der Waals surface area contributed by atoms with E-state index in [0.717, 1.165) is 43.4 Å². The van der Waals surface area contributed by atoms with Crippen LogP contribution in [0.1, 0.15) is 69.8 Å². The van der Waals surface area contributed by atoms with Gasteiger partial charge in [0.25, 0.3) is 0 Å². The fraction of sp³-hybridized carbons (Fsp3) is 0.652.